The summed E-state index contributed by atoms with van der Waals surface area (Å²) >= 11 is 0. The molecule has 0 aromatic heterocycles. The van der Waals surface area contributed by atoms with Crippen molar-refractivity contribution in [3.63, 3.8) is 0 Å². The van der Waals surface area contributed by atoms with E-state index in [0.29, 0.717) is 6.42 Å². The minimum atomic E-state index is -0.785. The number of nitrogens with two attached hydrogens (primary N) is 2. The molecule has 0 fully saturated rings. The fourth-order valence-corrected chi connectivity index (χ4v) is 3.33. The number of pyridine rings is 1. The Morgan fingerprint density at radius 2 is 2.00 bits per heavy atom. The van der Waals surface area contributed by atoms with Crippen LogP contribution >= 0.6 is 0 Å². The van der Waals surface area contributed by atoms with Gasteiger partial charge in [0.1, 0.15) is 5.82 Å². The van der Waals surface area contributed by atoms with E-state index in [1.54, 1.807) is 0 Å². The van der Waals surface area contributed by atoms with Gasteiger partial charge in [0.25, 0.3) is 0 Å². The number of fused-ring (bicyclic) bond motifs is 4. The van der Waals surface area contributed by atoms with E-state index in [9.17, 15) is 0 Å². The molecule has 4 nitrogen and oxygen atoms in total. The van der Waals surface area contributed by atoms with Crippen LogP contribution in [-0.2, 0) is 7.05 Å². The number of hydrogen-bond acceptors (Lipinski definition) is 3. The van der Waals surface area contributed by atoms with Crippen LogP contribution in [0.25, 0.3) is 34.4 Å². The molecule has 1 aliphatic carbocycles. The van der Waals surface area contributed by atoms with Gasteiger partial charge in [0.2, 0.25) is 0 Å². The lowest BCUT2D eigenvalue weighted by Gasteiger charge is -2.20. The first-order valence-electron chi connectivity index (χ1n) is 7.12. The van der Waals surface area contributed by atoms with Crippen LogP contribution < -0.4 is 22.0 Å². The third kappa shape index (κ3) is 1.66. The Morgan fingerprint density at radius 3 is 2.81 bits per heavy atom. The Balaban J connectivity index is 2.28. The number of rotatable bonds is 0. The highest BCUT2D eigenvalue weighted by Crippen LogP contribution is 2.28. The Labute approximate surface area is 122 Å². The molecule has 21 heavy (non-hydrogen) atoms. The molecule has 0 unspecified atom stereocenters. The Bertz CT molecular complexity index is 963. The first-order valence-corrected chi connectivity index (χ1v) is 7.12. The van der Waals surface area contributed by atoms with Gasteiger partial charge in [-0.2, -0.15) is 0 Å². The average Bonchev–Trinajstić information content (AvgIpc) is 2.82. The minimum Gasteiger partial charge on any atom is -0.328 e. The summed E-state index contributed by atoms with van der Waals surface area (Å²) in [6.07, 6.45) is 4.62. The van der Waals surface area contributed by atoms with Crippen LogP contribution in [0, 0.1) is 6.92 Å². The molecule has 3 aliphatic rings. The molecule has 0 saturated heterocycles. The van der Waals surface area contributed by atoms with E-state index in [4.69, 9.17) is 16.5 Å². The van der Waals surface area contributed by atoms with Gasteiger partial charge in [0.15, 0.2) is 0 Å². The molecule has 2 aliphatic heterocycles. The number of para-hydroxylation sites is 1. The first kappa shape index (κ1) is 12.6. The Kier molecular flexibility index (Phi) is 2.35. The summed E-state index contributed by atoms with van der Waals surface area (Å²) < 4.78 is 2.15. The summed E-state index contributed by atoms with van der Waals surface area (Å²) in [6.45, 7) is 2.14. The van der Waals surface area contributed by atoms with Crippen molar-refractivity contribution in [3.05, 3.63) is 40.4 Å². The summed E-state index contributed by atoms with van der Waals surface area (Å²) in [5.41, 5.74) is 15.0. The van der Waals surface area contributed by atoms with E-state index in [1.807, 2.05) is 12.2 Å². The maximum Gasteiger partial charge on any atom is 0.141 e. The van der Waals surface area contributed by atoms with Crippen molar-refractivity contribution in [3.8, 4) is 11.4 Å². The van der Waals surface area contributed by atoms with Crippen molar-refractivity contribution >= 4 is 23.1 Å². The second kappa shape index (κ2) is 3.93. The Hall–Kier alpha value is -2.17. The zero-order valence-corrected chi connectivity index (χ0v) is 12.2. The molecule has 0 spiro atoms. The fraction of sp³-hybridized carbons (Fsp3) is 0.235. The van der Waals surface area contributed by atoms with Crippen molar-refractivity contribution in [2.24, 2.45) is 18.5 Å². The molecule has 4 rings (SSSR count). The van der Waals surface area contributed by atoms with Crippen LogP contribution in [0.5, 0.6) is 0 Å². The van der Waals surface area contributed by atoms with Crippen molar-refractivity contribution in [1.29, 1.82) is 0 Å². The summed E-state index contributed by atoms with van der Waals surface area (Å²) in [4.78, 5) is 4.79. The first-order chi connectivity index (χ1) is 9.98. The molecule has 1 aromatic rings. The van der Waals surface area contributed by atoms with Gasteiger partial charge in [-0.25, -0.2) is 4.98 Å². The summed E-state index contributed by atoms with van der Waals surface area (Å²) in [5, 5.41) is 3.30. The van der Waals surface area contributed by atoms with E-state index in [2.05, 4.69) is 42.8 Å². The number of aromatic nitrogens is 2. The molecule has 0 radical (unpaired) electrons. The molecule has 0 atom stereocenters. The molecule has 2 heterocycles. The SMILES string of the molecule is Cc1c2c3c(nc-2n(C)c2ccccc12)=CCC(N)(N)C=3. The van der Waals surface area contributed by atoms with E-state index in [1.165, 1.54) is 16.5 Å². The lowest BCUT2D eigenvalue weighted by atomic mass is 9.97. The molecule has 106 valence electrons. The number of benzene rings is 1. The zero-order chi connectivity index (χ0) is 14.8. The highest BCUT2D eigenvalue weighted by molar-refractivity contribution is 5.90. The summed E-state index contributed by atoms with van der Waals surface area (Å²) in [7, 11) is 2.06. The monoisotopic (exact) mass is 278 g/mol. The van der Waals surface area contributed by atoms with Crippen LogP contribution in [-0.4, -0.2) is 15.2 Å². The Morgan fingerprint density at radius 1 is 1.24 bits per heavy atom. The predicted octanol–water partition coefficient (Wildman–Crippen LogP) is 0.565. The zero-order valence-electron chi connectivity index (χ0n) is 12.2. The molecule has 0 saturated carbocycles. The van der Waals surface area contributed by atoms with Gasteiger partial charge in [-0.05, 0) is 24.6 Å². The van der Waals surface area contributed by atoms with Crippen LogP contribution in [0.15, 0.2) is 24.3 Å². The predicted molar refractivity (Wildman–Crippen MR) is 86.0 cm³/mol. The van der Waals surface area contributed by atoms with Crippen molar-refractivity contribution in [2.45, 2.75) is 19.0 Å². The third-order valence-corrected chi connectivity index (χ3v) is 4.42. The maximum absolute atomic E-state index is 6.10. The van der Waals surface area contributed by atoms with Crippen molar-refractivity contribution in [1.82, 2.24) is 9.55 Å². The van der Waals surface area contributed by atoms with Gasteiger partial charge in [0.05, 0.1) is 11.0 Å². The largest absolute Gasteiger partial charge is 0.328 e. The normalized spacial score (nSPS) is 16.6. The smallest absolute Gasteiger partial charge is 0.141 e. The molecule has 0 bridgehead atoms. The van der Waals surface area contributed by atoms with Gasteiger partial charge in [-0.3, -0.25) is 0 Å². The highest BCUT2D eigenvalue weighted by atomic mass is 15.0. The van der Waals surface area contributed by atoms with Crippen LogP contribution in [0.3, 0.4) is 0 Å². The summed E-state index contributed by atoms with van der Waals surface area (Å²) in [6, 6.07) is 8.39. The van der Waals surface area contributed by atoms with E-state index in [-0.39, 0.29) is 0 Å². The molecule has 4 heteroatoms. The highest BCUT2D eigenvalue weighted by Gasteiger charge is 2.24. The third-order valence-electron chi connectivity index (χ3n) is 4.42. The molecule has 0 amide bonds. The van der Waals surface area contributed by atoms with Gasteiger partial charge >= 0.3 is 0 Å². The molecule has 4 N–H and O–H groups in total. The fourth-order valence-electron chi connectivity index (χ4n) is 3.33. The van der Waals surface area contributed by atoms with Crippen LogP contribution in [0.2, 0.25) is 0 Å². The number of hydrogen-bond donors (Lipinski definition) is 2. The molecular weight excluding hydrogens is 260 g/mol. The lowest BCUT2D eigenvalue weighted by molar-refractivity contribution is 0.605. The standard InChI is InChI=1S/C17H18N4/c1-10-11-5-3-4-6-14(11)21(2)16-15(10)12-9-17(18,19)8-7-13(12)20-16/h3-7,9H,8,18-19H2,1-2H3. The lowest BCUT2D eigenvalue weighted by Crippen LogP contribution is -2.51. The topological polar surface area (TPSA) is 69.9 Å². The minimum absolute atomic E-state index is 0.617. The second-order valence-electron chi connectivity index (χ2n) is 5.98. The van der Waals surface area contributed by atoms with Gasteiger partial charge in [-0.1, -0.05) is 24.3 Å². The van der Waals surface area contributed by atoms with Crippen molar-refractivity contribution < 1.29 is 0 Å². The molecule has 1 aromatic carbocycles. The quantitative estimate of drug-likeness (QED) is 0.591. The van der Waals surface area contributed by atoms with Gasteiger partial charge in [-0.15, -0.1) is 0 Å². The van der Waals surface area contributed by atoms with Crippen molar-refractivity contribution in [2.75, 3.05) is 0 Å². The van der Waals surface area contributed by atoms with E-state index in [0.717, 1.165) is 22.0 Å². The summed E-state index contributed by atoms with van der Waals surface area (Å²) in [5.74, 6) is 0.987. The van der Waals surface area contributed by atoms with Crippen LogP contribution in [0.1, 0.15) is 12.0 Å². The van der Waals surface area contributed by atoms with Crippen LogP contribution in [0.4, 0.5) is 0 Å². The van der Waals surface area contributed by atoms with Gasteiger partial charge < -0.3 is 16.0 Å². The van der Waals surface area contributed by atoms with E-state index >= 15 is 0 Å². The maximum atomic E-state index is 6.10. The van der Waals surface area contributed by atoms with Gasteiger partial charge in [0, 0.05) is 35.2 Å². The second-order valence-corrected chi connectivity index (χ2v) is 5.98. The average molecular weight is 278 g/mol. The number of nitrogens with zero attached hydrogens (tertiary/aromatic N) is 2. The van der Waals surface area contributed by atoms with E-state index < -0.39 is 5.66 Å². The molecular formula is C17H18N4. The number of aryl methyl sites for hydroxylation is 2.